The molecule has 3 heteroatoms. The standard InChI is InChI=1S/C18H25NO.ClH/c1-16(2)18(20,17-10-5-3-6-11-17)12-9-15-19-13-7-4-8-14-19;/h3,5-6,10-11,16,20H,4,7-8,13-15H2,1-2H3;1H/p-1. The van der Waals surface area contributed by atoms with E-state index in [4.69, 9.17) is 0 Å². The Balaban J connectivity index is 0.00000220. The van der Waals surface area contributed by atoms with Gasteiger partial charge in [-0.2, -0.15) is 0 Å². The number of hydrogen-bond donors (Lipinski definition) is 1. The molecule has 1 heterocycles. The lowest BCUT2D eigenvalue weighted by Crippen LogP contribution is -3.00. The number of aliphatic hydroxyl groups is 1. The Hall–Kier alpha value is -1.01. The second kappa shape index (κ2) is 8.44. The highest BCUT2D eigenvalue weighted by Gasteiger charge is 2.30. The Morgan fingerprint density at radius 2 is 1.76 bits per heavy atom. The Labute approximate surface area is 135 Å². The predicted octanol–water partition coefficient (Wildman–Crippen LogP) is 0.0235. The molecule has 1 N–H and O–H groups in total. The maximum Gasteiger partial charge on any atom is 0.153 e. The summed E-state index contributed by atoms with van der Waals surface area (Å²) in [4.78, 5) is 2.38. The van der Waals surface area contributed by atoms with Gasteiger partial charge in [0.05, 0.1) is 6.54 Å². The molecule has 1 fully saturated rings. The molecule has 0 radical (unpaired) electrons. The highest BCUT2D eigenvalue weighted by Crippen LogP contribution is 2.28. The van der Waals surface area contributed by atoms with E-state index in [1.54, 1.807) is 0 Å². The van der Waals surface area contributed by atoms with E-state index in [1.807, 2.05) is 44.2 Å². The number of nitrogens with zero attached hydrogens (tertiary/aromatic N) is 1. The Bertz CT molecular complexity index is 471. The molecule has 1 atom stereocenters. The van der Waals surface area contributed by atoms with Crippen LogP contribution in [0, 0.1) is 17.8 Å². The molecule has 0 aromatic heterocycles. The van der Waals surface area contributed by atoms with Gasteiger partial charge in [0.2, 0.25) is 0 Å². The smallest absolute Gasteiger partial charge is 0.153 e. The van der Waals surface area contributed by atoms with Crippen LogP contribution in [0.1, 0.15) is 38.7 Å². The number of hydrogen-bond acceptors (Lipinski definition) is 2. The zero-order chi connectivity index (χ0) is 14.4. The van der Waals surface area contributed by atoms with Crippen molar-refractivity contribution in [2.24, 2.45) is 5.92 Å². The van der Waals surface area contributed by atoms with Crippen molar-refractivity contribution >= 4 is 0 Å². The number of piperidine rings is 1. The van der Waals surface area contributed by atoms with Crippen LogP contribution in [0.5, 0.6) is 0 Å². The summed E-state index contributed by atoms with van der Waals surface area (Å²) < 4.78 is 0. The summed E-state index contributed by atoms with van der Waals surface area (Å²) in [6, 6.07) is 9.78. The van der Waals surface area contributed by atoms with Crippen molar-refractivity contribution in [3.05, 3.63) is 35.9 Å². The summed E-state index contributed by atoms with van der Waals surface area (Å²) in [5, 5.41) is 10.9. The van der Waals surface area contributed by atoms with Crippen molar-refractivity contribution in [1.29, 1.82) is 0 Å². The molecule has 21 heavy (non-hydrogen) atoms. The SMILES string of the molecule is CC(C)C(O)(C#CCN1CCCCC1)c1ccccc1.[Cl-]. The predicted molar refractivity (Wildman–Crippen MR) is 83.2 cm³/mol. The van der Waals surface area contributed by atoms with E-state index in [-0.39, 0.29) is 18.3 Å². The van der Waals surface area contributed by atoms with Crippen LogP contribution in [0.15, 0.2) is 30.3 Å². The number of halogens is 1. The topological polar surface area (TPSA) is 23.5 Å². The molecule has 0 amide bonds. The second-order valence-electron chi connectivity index (χ2n) is 5.93. The molecule has 1 aromatic rings. The van der Waals surface area contributed by atoms with Crippen LogP contribution in [0.4, 0.5) is 0 Å². The van der Waals surface area contributed by atoms with Crippen molar-refractivity contribution in [2.75, 3.05) is 19.6 Å². The molecule has 0 bridgehead atoms. The Morgan fingerprint density at radius 1 is 1.14 bits per heavy atom. The second-order valence-corrected chi connectivity index (χ2v) is 5.93. The minimum atomic E-state index is -1.04. The van der Waals surface area contributed by atoms with Crippen molar-refractivity contribution in [2.45, 2.75) is 38.7 Å². The molecule has 2 nitrogen and oxygen atoms in total. The number of benzene rings is 1. The van der Waals surface area contributed by atoms with E-state index in [9.17, 15) is 5.11 Å². The van der Waals surface area contributed by atoms with E-state index < -0.39 is 5.60 Å². The van der Waals surface area contributed by atoms with Gasteiger partial charge in [0, 0.05) is 0 Å². The van der Waals surface area contributed by atoms with Crippen LogP contribution in [-0.2, 0) is 5.60 Å². The van der Waals surface area contributed by atoms with Gasteiger partial charge in [0.25, 0.3) is 0 Å². The fraction of sp³-hybridized carbons (Fsp3) is 0.556. The first kappa shape index (κ1) is 18.0. The van der Waals surface area contributed by atoms with Crippen molar-refractivity contribution in [3.8, 4) is 11.8 Å². The monoisotopic (exact) mass is 306 g/mol. The van der Waals surface area contributed by atoms with Crippen molar-refractivity contribution < 1.29 is 17.5 Å². The maximum atomic E-state index is 10.9. The minimum absolute atomic E-state index is 0. The lowest BCUT2D eigenvalue weighted by Gasteiger charge is -2.28. The van der Waals surface area contributed by atoms with Gasteiger partial charge in [-0.1, -0.05) is 62.4 Å². The van der Waals surface area contributed by atoms with Gasteiger partial charge in [-0.3, -0.25) is 4.90 Å². The van der Waals surface area contributed by atoms with E-state index in [0.717, 1.165) is 25.2 Å². The Morgan fingerprint density at radius 3 is 2.33 bits per heavy atom. The van der Waals surface area contributed by atoms with Crippen LogP contribution >= 0.6 is 0 Å². The van der Waals surface area contributed by atoms with Crippen LogP contribution in [0.25, 0.3) is 0 Å². The first-order valence-electron chi connectivity index (χ1n) is 7.63. The number of rotatable bonds is 3. The van der Waals surface area contributed by atoms with Crippen LogP contribution < -0.4 is 12.4 Å². The highest BCUT2D eigenvalue weighted by atomic mass is 35.5. The van der Waals surface area contributed by atoms with Gasteiger partial charge in [-0.05, 0) is 37.4 Å². The largest absolute Gasteiger partial charge is 1.00 e. The third-order valence-corrected chi connectivity index (χ3v) is 4.08. The summed E-state index contributed by atoms with van der Waals surface area (Å²) >= 11 is 0. The molecule has 0 spiro atoms. The first-order chi connectivity index (χ1) is 9.63. The molecular formula is C18H25ClNO-. The minimum Gasteiger partial charge on any atom is -1.00 e. The van der Waals surface area contributed by atoms with E-state index in [1.165, 1.54) is 19.3 Å². The van der Waals surface area contributed by atoms with Gasteiger partial charge in [-0.25, -0.2) is 0 Å². The fourth-order valence-corrected chi connectivity index (χ4v) is 2.65. The Kier molecular flexibility index (Phi) is 7.25. The van der Waals surface area contributed by atoms with Gasteiger partial charge in [-0.15, -0.1) is 0 Å². The average molecular weight is 307 g/mol. The summed E-state index contributed by atoms with van der Waals surface area (Å²) in [5.74, 6) is 6.39. The van der Waals surface area contributed by atoms with Gasteiger partial charge in [0.1, 0.15) is 0 Å². The lowest BCUT2D eigenvalue weighted by molar-refractivity contribution is -0.00000861. The summed E-state index contributed by atoms with van der Waals surface area (Å²) in [5.41, 5.74) is -0.155. The quantitative estimate of drug-likeness (QED) is 0.796. The third kappa shape index (κ3) is 4.74. The molecule has 0 saturated carbocycles. The molecule has 1 aliphatic heterocycles. The molecule has 2 rings (SSSR count). The third-order valence-electron chi connectivity index (χ3n) is 4.08. The van der Waals surface area contributed by atoms with Crippen LogP contribution in [-0.4, -0.2) is 29.6 Å². The van der Waals surface area contributed by atoms with Crippen LogP contribution in [0.2, 0.25) is 0 Å². The van der Waals surface area contributed by atoms with Gasteiger partial charge < -0.3 is 17.5 Å². The highest BCUT2D eigenvalue weighted by molar-refractivity contribution is 5.32. The van der Waals surface area contributed by atoms with Gasteiger partial charge >= 0.3 is 0 Å². The molecular weight excluding hydrogens is 282 g/mol. The van der Waals surface area contributed by atoms with Crippen LogP contribution in [0.3, 0.4) is 0 Å². The fourth-order valence-electron chi connectivity index (χ4n) is 2.65. The summed E-state index contributed by atoms with van der Waals surface area (Å²) in [7, 11) is 0. The van der Waals surface area contributed by atoms with Crippen molar-refractivity contribution in [1.82, 2.24) is 4.90 Å². The molecule has 1 aromatic carbocycles. The summed E-state index contributed by atoms with van der Waals surface area (Å²) in [6.07, 6.45) is 3.88. The number of likely N-dealkylation sites (tertiary alicyclic amines) is 1. The zero-order valence-electron chi connectivity index (χ0n) is 13.0. The first-order valence-corrected chi connectivity index (χ1v) is 7.63. The molecule has 116 valence electrons. The van der Waals surface area contributed by atoms with E-state index >= 15 is 0 Å². The molecule has 0 aliphatic carbocycles. The molecule has 1 aliphatic rings. The zero-order valence-corrected chi connectivity index (χ0v) is 13.7. The van der Waals surface area contributed by atoms with Gasteiger partial charge in [0.15, 0.2) is 5.60 Å². The molecule has 1 unspecified atom stereocenters. The van der Waals surface area contributed by atoms with E-state index in [0.29, 0.717) is 0 Å². The van der Waals surface area contributed by atoms with Crippen molar-refractivity contribution in [3.63, 3.8) is 0 Å². The lowest BCUT2D eigenvalue weighted by atomic mass is 9.84. The maximum absolute atomic E-state index is 10.9. The summed E-state index contributed by atoms with van der Waals surface area (Å²) in [6.45, 7) is 7.08. The normalized spacial score (nSPS) is 18.3. The van der Waals surface area contributed by atoms with E-state index in [2.05, 4.69) is 16.7 Å². The molecule has 1 saturated heterocycles. The average Bonchev–Trinajstić information content (AvgIpc) is 2.49.